The minimum absolute atomic E-state index is 0.0460. The van der Waals surface area contributed by atoms with Gasteiger partial charge >= 0.3 is 5.97 Å². The Hall–Kier alpha value is -1.93. The number of ether oxygens (including phenoxy) is 3. The maximum atomic E-state index is 12.1. The van der Waals surface area contributed by atoms with E-state index in [4.69, 9.17) is 14.2 Å². The molecule has 2 bridgehead atoms. The fraction of sp³-hybridized carbons (Fsp3) is 0.400. The summed E-state index contributed by atoms with van der Waals surface area (Å²) in [6.45, 7) is 0.0460. The van der Waals surface area contributed by atoms with E-state index >= 15 is 0 Å². The first-order chi connectivity index (χ1) is 10.5. The van der Waals surface area contributed by atoms with Gasteiger partial charge in [-0.1, -0.05) is 12.1 Å². The first kappa shape index (κ1) is 13.7. The molecule has 0 spiro atoms. The molecular weight excluding hydrogens is 292 g/mol. The molecule has 3 aliphatic rings. The van der Waals surface area contributed by atoms with E-state index in [0.29, 0.717) is 5.56 Å². The SMILES string of the molecule is O=C1OC2C3COC(O)C(O)(O3)C2C1=Cc1ccc(O)cc1. The van der Waals surface area contributed by atoms with Crippen LogP contribution in [0.3, 0.4) is 0 Å². The zero-order chi connectivity index (χ0) is 15.5. The lowest BCUT2D eigenvalue weighted by molar-refractivity contribution is -0.361. The molecule has 7 nitrogen and oxygen atoms in total. The molecule has 0 aliphatic carbocycles. The van der Waals surface area contributed by atoms with Crippen LogP contribution in [0, 0.1) is 5.92 Å². The number of rotatable bonds is 1. The number of benzene rings is 1. The fourth-order valence-electron chi connectivity index (χ4n) is 3.24. The zero-order valence-electron chi connectivity index (χ0n) is 11.4. The molecule has 3 heterocycles. The van der Waals surface area contributed by atoms with Crippen LogP contribution >= 0.6 is 0 Å². The van der Waals surface area contributed by atoms with Crippen LogP contribution in [0.25, 0.3) is 6.08 Å². The number of aromatic hydroxyl groups is 1. The van der Waals surface area contributed by atoms with Crippen molar-refractivity contribution < 1.29 is 34.3 Å². The predicted molar refractivity (Wildman–Crippen MR) is 71.2 cm³/mol. The standard InChI is InChI=1S/C15H14O7/c16-8-3-1-7(2-4-8)5-9-11-12(21-13(9)17)10-6-20-14(18)15(11,19)22-10/h1-5,10-12,14,16,18-19H,6H2. The molecule has 5 atom stereocenters. The van der Waals surface area contributed by atoms with Gasteiger partial charge in [0.2, 0.25) is 12.1 Å². The largest absolute Gasteiger partial charge is 0.508 e. The molecule has 1 aromatic rings. The van der Waals surface area contributed by atoms with Crippen LogP contribution in [0.15, 0.2) is 29.8 Å². The lowest BCUT2D eigenvalue weighted by Gasteiger charge is -2.35. The number of carbonyl (C=O) groups is 1. The molecule has 4 rings (SSSR count). The quantitative estimate of drug-likeness (QED) is 0.485. The Labute approximate surface area is 125 Å². The van der Waals surface area contributed by atoms with Crippen LogP contribution in [-0.2, 0) is 19.0 Å². The van der Waals surface area contributed by atoms with Crippen molar-refractivity contribution in [1.82, 2.24) is 0 Å². The van der Waals surface area contributed by atoms with Crippen molar-refractivity contribution >= 4 is 12.0 Å². The van der Waals surface area contributed by atoms with Gasteiger partial charge in [-0.3, -0.25) is 0 Å². The van der Waals surface area contributed by atoms with E-state index in [2.05, 4.69) is 0 Å². The number of aliphatic hydroxyl groups is 2. The van der Waals surface area contributed by atoms with E-state index in [9.17, 15) is 20.1 Å². The predicted octanol–water partition coefficient (Wildman–Crippen LogP) is -0.247. The van der Waals surface area contributed by atoms with Crippen LogP contribution in [0.1, 0.15) is 5.56 Å². The van der Waals surface area contributed by atoms with Crippen molar-refractivity contribution in [3.63, 3.8) is 0 Å². The van der Waals surface area contributed by atoms with E-state index in [1.54, 1.807) is 18.2 Å². The summed E-state index contributed by atoms with van der Waals surface area (Å²) < 4.78 is 15.8. The normalized spacial score (nSPS) is 41.5. The number of phenolic OH excluding ortho intramolecular Hbond substituents is 1. The fourth-order valence-corrected chi connectivity index (χ4v) is 3.24. The molecular formula is C15H14O7. The molecule has 22 heavy (non-hydrogen) atoms. The first-order valence-electron chi connectivity index (χ1n) is 6.90. The third-order valence-corrected chi connectivity index (χ3v) is 4.28. The van der Waals surface area contributed by atoms with Gasteiger partial charge in [0.15, 0.2) is 0 Å². The first-order valence-corrected chi connectivity index (χ1v) is 6.90. The number of esters is 1. The number of hydrogen-bond acceptors (Lipinski definition) is 7. The highest BCUT2D eigenvalue weighted by Crippen LogP contribution is 2.50. The molecule has 0 aromatic heterocycles. The van der Waals surface area contributed by atoms with Gasteiger partial charge in [-0.25, -0.2) is 4.79 Å². The van der Waals surface area contributed by atoms with Crippen LogP contribution in [0.2, 0.25) is 0 Å². The molecule has 5 unspecified atom stereocenters. The summed E-state index contributed by atoms with van der Waals surface area (Å²) >= 11 is 0. The highest BCUT2D eigenvalue weighted by Gasteiger charge is 2.68. The van der Waals surface area contributed by atoms with Crippen molar-refractivity contribution in [2.24, 2.45) is 5.92 Å². The van der Waals surface area contributed by atoms with Crippen molar-refractivity contribution in [2.45, 2.75) is 24.3 Å². The third kappa shape index (κ3) is 1.80. The summed E-state index contributed by atoms with van der Waals surface area (Å²) in [7, 11) is 0. The highest BCUT2D eigenvalue weighted by atomic mass is 16.8. The Morgan fingerprint density at radius 1 is 1.27 bits per heavy atom. The molecule has 0 amide bonds. The third-order valence-electron chi connectivity index (χ3n) is 4.28. The van der Waals surface area contributed by atoms with Gasteiger partial charge in [0.25, 0.3) is 0 Å². The van der Waals surface area contributed by atoms with Crippen LogP contribution < -0.4 is 0 Å². The zero-order valence-corrected chi connectivity index (χ0v) is 11.4. The highest BCUT2D eigenvalue weighted by molar-refractivity contribution is 5.97. The molecule has 1 aromatic carbocycles. The molecule has 0 radical (unpaired) electrons. The molecule has 3 aliphatic heterocycles. The van der Waals surface area contributed by atoms with Gasteiger partial charge in [-0.05, 0) is 23.8 Å². The maximum Gasteiger partial charge on any atom is 0.335 e. The summed E-state index contributed by atoms with van der Waals surface area (Å²) in [4.78, 5) is 12.1. The Balaban J connectivity index is 1.76. The molecule has 7 heteroatoms. The Morgan fingerprint density at radius 3 is 2.73 bits per heavy atom. The van der Waals surface area contributed by atoms with E-state index in [1.807, 2.05) is 0 Å². The summed E-state index contributed by atoms with van der Waals surface area (Å²) in [6, 6.07) is 6.23. The van der Waals surface area contributed by atoms with Crippen molar-refractivity contribution in [3.8, 4) is 5.75 Å². The van der Waals surface area contributed by atoms with Gasteiger partial charge in [0.1, 0.15) is 18.0 Å². The van der Waals surface area contributed by atoms with E-state index in [-0.39, 0.29) is 17.9 Å². The Kier molecular flexibility index (Phi) is 2.82. The average Bonchev–Trinajstić information content (AvgIpc) is 2.93. The van der Waals surface area contributed by atoms with Gasteiger partial charge in [-0.2, -0.15) is 0 Å². The van der Waals surface area contributed by atoms with Gasteiger partial charge in [0, 0.05) is 0 Å². The lowest BCUT2D eigenvalue weighted by Crippen LogP contribution is -2.52. The molecule has 0 saturated carbocycles. The number of fused-ring (bicyclic) bond motifs is 5. The van der Waals surface area contributed by atoms with Crippen molar-refractivity contribution in [1.29, 1.82) is 0 Å². The second kappa shape index (κ2) is 4.53. The number of phenols is 1. The van der Waals surface area contributed by atoms with E-state index in [1.165, 1.54) is 12.1 Å². The topological polar surface area (TPSA) is 105 Å². The number of carbonyl (C=O) groups excluding carboxylic acids is 1. The number of aliphatic hydroxyl groups excluding tert-OH is 1. The second-order valence-electron chi connectivity index (χ2n) is 5.63. The van der Waals surface area contributed by atoms with Crippen molar-refractivity contribution in [3.05, 3.63) is 35.4 Å². The van der Waals surface area contributed by atoms with Crippen molar-refractivity contribution in [2.75, 3.05) is 6.61 Å². The Morgan fingerprint density at radius 2 is 2.00 bits per heavy atom. The van der Waals surface area contributed by atoms with E-state index < -0.39 is 36.2 Å². The van der Waals surface area contributed by atoms with Gasteiger partial charge in [-0.15, -0.1) is 0 Å². The van der Waals surface area contributed by atoms with E-state index in [0.717, 1.165) is 0 Å². The summed E-state index contributed by atoms with van der Waals surface area (Å²) in [5.41, 5.74) is 0.871. The molecule has 3 saturated heterocycles. The van der Waals surface area contributed by atoms with Crippen LogP contribution in [-0.4, -0.2) is 52.2 Å². The molecule has 3 N–H and O–H groups in total. The minimum atomic E-state index is -2.00. The minimum Gasteiger partial charge on any atom is -0.508 e. The lowest BCUT2D eigenvalue weighted by atomic mass is 9.87. The summed E-state index contributed by atoms with van der Waals surface area (Å²) in [5, 5.41) is 29.7. The van der Waals surface area contributed by atoms with Gasteiger partial charge < -0.3 is 29.5 Å². The van der Waals surface area contributed by atoms with Gasteiger partial charge in [0.05, 0.1) is 18.1 Å². The van der Waals surface area contributed by atoms with Crippen LogP contribution in [0.4, 0.5) is 0 Å². The van der Waals surface area contributed by atoms with Crippen LogP contribution in [0.5, 0.6) is 5.75 Å². The smallest absolute Gasteiger partial charge is 0.335 e. The average molecular weight is 306 g/mol. The maximum absolute atomic E-state index is 12.1. The summed E-state index contributed by atoms with van der Waals surface area (Å²) in [5.74, 6) is -3.26. The molecule has 3 fully saturated rings. The Bertz CT molecular complexity index is 652. The molecule has 116 valence electrons. The summed E-state index contributed by atoms with van der Waals surface area (Å²) in [6.07, 6.45) is -1.27. The second-order valence-corrected chi connectivity index (χ2v) is 5.63. The monoisotopic (exact) mass is 306 g/mol. The number of hydrogen-bond donors (Lipinski definition) is 3.